The first-order valence-electron chi connectivity index (χ1n) is 15.6. The first-order chi connectivity index (χ1) is 23.3. The van der Waals surface area contributed by atoms with Crippen molar-refractivity contribution in [3.05, 3.63) is 208 Å². The second kappa shape index (κ2) is 22.5. The number of fused-ring (bicyclic) bond motifs is 2. The van der Waals surface area contributed by atoms with Crippen LogP contribution < -0.4 is 39.9 Å². The molecular formula is C41H36ClFeO4P2Rh-. The molecule has 4 aromatic carbocycles. The van der Waals surface area contributed by atoms with Gasteiger partial charge in [0.2, 0.25) is 0 Å². The van der Waals surface area contributed by atoms with Gasteiger partial charge in [-0.3, -0.25) is 0 Å². The molecule has 4 aliphatic rings. The minimum atomic E-state index is -4.94. The molecule has 0 aliphatic heterocycles. The van der Waals surface area contributed by atoms with Gasteiger partial charge < -0.3 is 0 Å². The van der Waals surface area contributed by atoms with E-state index in [1.165, 1.54) is 39.0 Å². The number of halogens is 1. The van der Waals surface area contributed by atoms with Gasteiger partial charge in [0.25, 0.3) is 0 Å². The molecule has 4 nitrogen and oxygen atoms in total. The molecule has 259 valence electrons. The second-order valence-corrected chi connectivity index (χ2v) is 16.2. The third-order valence-electron chi connectivity index (χ3n) is 7.62. The normalized spacial score (nSPS) is 19.0. The summed E-state index contributed by atoms with van der Waals surface area (Å²) in [5, 5.41) is 5.63. The zero-order valence-corrected chi connectivity index (χ0v) is 32.2. The van der Waals surface area contributed by atoms with E-state index in [2.05, 4.69) is 197 Å². The standard InChI is InChI=1S/2C17H14P.C7H8.ClHO4.Fe.Rh/c2*1-3-9-15(10-4-1)18(17-13-7-8-14-17)16-11-5-2-6-12-16;1-2-7-4-3-6(1)5-7;2-1(3,4)5;;/h2*1-14H;1-4,6-7H,5H2;(H,2,3,4,5);;/p-1. The van der Waals surface area contributed by atoms with Gasteiger partial charge in [-0.15, -0.1) is 10.2 Å². The van der Waals surface area contributed by atoms with Crippen LogP contribution in [0.4, 0.5) is 0 Å². The number of hydrogen-bond donors (Lipinski definition) is 0. The average Bonchev–Trinajstić information content (AvgIpc) is 3.95. The van der Waals surface area contributed by atoms with Crippen molar-refractivity contribution in [1.82, 2.24) is 0 Å². The molecule has 4 aliphatic carbocycles. The molecule has 0 saturated heterocycles. The Bertz CT molecular complexity index is 1320. The van der Waals surface area contributed by atoms with Crippen LogP contribution in [-0.4, -0.2) is 0 Å². The predicted octanol–water partition coefficient (Wildman–Crippen LogP) is 3.95. The largest absolute Gasteiger partial charge is 0.222 e. The third-order valence-corrected chi connectivity index (χ3v) is 12.5. The van der Waals surface area contributed by atoms with Crippen molar-refractivity contribution in [2.45, 2.75) is 6.42 Å². The SMILES string of the molecule is C1=CC2C=CC1C2.[CH]1[CH][CH][C](P(c2ccccc2)c2ccccc2)[CH]1.[CH]1[CH][CH][C](P(c2ccccc2)c2ccccc2)[CH]1.[Fe].[O-][Cl+3]([O-])([O-])[O-].[Rh]. The van der Waals surface area contributed by atoms with Gasteiger partial charge in [0.05, 0.1) is 0 Å². The summed E-state index contributed by atoms with van der Waals surface area (Å²) in [6, 6.07) is 43.1. The molecular weight excluding hydrogens is 813 g/mol. The van der Waals surface area contributed by atoms with Gasteiger partial charge in [0, 0.05) is 47.9 Å². The van der Waals surface area contributed by atoms with Crippen molar-refractivity contribution >= 4 is 37.1 Å². The van der Waals surface area contributed by atoms with Gasteiger partial charge in [-0.05, 0) is 107 Å². The molecule has 0 atom stereocenters. The molecule has 11 radical (unpaired) electrons. The predicted molar refractivity (Wildman–Crippen MR) is 189 cm³/mol. The van der Waals surface area contributed by atoms with Gasteiger partial charge in [-0.2, -0.15) is 0 Å². The van der Waals surface area contributed by atoms with Crippen LogP contribution in [-0.2, 0) is 36.5 Å². The van der Waals surface area contributed by atoms with Crippen LogP contribution >= 0.6 is 15.8 Å². The van der Waals surface area contributed by atoms with E-state index in [4.69, 9.17) is 18.6 Å². The molecule has 0 amide bonds. The third kappa shape index (κ3) is 14.1. The Morgan fingerprint density at radius 3 is 0.820 bits per heavy atom. The number of allylic oxidation sites excluding steroid dienone is 4. The zero-order valence-electron chi connectivity index (χ0n) is 26.9. The fraction of sp³-hybridized carbons (Fsp3) is 0.0732. The van der Waals surface area contributed by atoms with Crippen molar-refractivity contribution in [2.75, 3.05) is 0 Å². The maximum absolute atomic E-state index is 8.49. The molecule has 0 aromatic heterocycles. The van der Waals surface area contributed by atoms with Crippen molar-refractivity contribution in [3.63, 3.8) is 0 Å². The van der Waals surface area contributed by atoms with Crippen molar-refractivity contribution < 1.29 is 65.4 Å². The molecule has 9 heteroatoms. The van der Waals surface area contributed by atoms with Crippen LogP contribution in [0.2, 0.25) is 0 Å². The summed E-state index contributed by atoms with van der Waals surface area (Å²) in [5.74, 6) is 1.62. The summed E-state index contributed by atoms with van der Waals surface area (Å²) in [7, 11) is -5.76. The maximum Gasteiger partial charge on any atom is 0.0161 e. The van der Waals surface area contributed by atoms with Crippen LogP contribution in [0.5, 0.6) is 0 Å². The quantitative estimate of drug-likeness (QED) is 0.167. The van der Waals surface area contributed by atoms with Crippen molar-refractivity contribution in [3.8, 4) is 0 Å². The van der Waals surface area contributed by atoms with Crippen LogP contribution in [0.25, 0.3) is 0 Å². The summed E-state index contributed by atoms with van der Waals surface area (Å²) in [6.07, 6.45) is 27.9. The van der Waals surface area contributed by atoms with Crippen molar-refractivity contribution in [1.29, 1.82) is 0 Å². The molecule has 4 aromatic rings. The Morgan fingerprint density at radius 1 is 0.420 bits per heavy atom. The molecule has 0 heterocycles. The van der Waals surface area contributed by atoms with Crippen LogP contribution in [0.1, 0.15) is 6.42 Å². The minimum Gasteiger partial charge on any atom is -0.222 e. The first kappa shape index (κ1) is 42.9. The molecule has 0 unspecified atom stereocenters. The Kier molecular flexibility index (Phi) is 19.3. The molecule has 2 saturated carbocycles. The summed E-state index contributed by atoms with van der Waals surface area (Å²) in [6.45, 7) is 0. The Hall–Kier alpha value is -1.51. The number of hydrogen-bond acceptors (Lipinski definition) is 4. The van der Waals surface area contributed by atoms with Gasteiger partial charge in [-0.1, -0.05) is 146 Å². The van der Waals surface area contributed by atoms with E-state index < -0.39 is 26.1 Å². The Balaban J connectivity index is 0.000000198. The summed E-state index contributed by atoms with van der Waals surface area (Å²) < 4.78 is 34.0. The molecule has 50 heavy (non-hydrogen) atoms. The number of rotatable bonds is 6. The molecule has 2 bridgehead atoms. The second-order valence-electron chi connectivity index (χ2n) is 11.0. The Labute approximate surface area is 327 Å². The van der Waals surface area contributed by atoms with E-state index in [1.807, 2.05) is 0 Å². The van der Waals surface area contributed by atoms with Crippen LogP contribution in [0.15, 0.2) is 146 Å². The summed E-state index contributed by atoms with van der Waals surface area (Å²) in [4.78, 5) is 0. The van der Waals surface area contributed by atoms with E-state index in [0.717, 1.165) is 11.8 Å². The topological polar surface area (TPSA) is 92.2 Å². The van der Waals surface area contributed by atoms with E-state index >= 15 is 0 Å². The van der Waals surface area contributed by atoms with E-state index in [0.29, 0.717) is 0 Å². The maximum atomic E-state index is 8.49. The number of benzene rings is 4. The monoisotopic (exact) mass is 848 g/mol. The van der Waals surface area contributed by atoms with Crippen molar-refractivity contribution in [2.24, 2.45) is 11.8 Å². The fourth-order valence-corrected chi connectivity index (χ4v) is 10.2. The molecule has 0 spiro atoms. The summed E-state index contributed by atoms with van der Waals surface area (Å²) in [5.41, 5.74) is 2.84. The van der Waals surface area contributed by atoms with Gasteiger partial charge in [-0.25, -0.2) is 18.6 Å². The van der Waals surface area contributed by atoms with Crippen LogP contribution in [0, 0.1) is 84.8 Å². The molecule has 8 rings (SSSR count). The van der Waals surface area contributed by atoms with Gasteiger partial charge in [0.15, 0.2) is 0 Å². The van der Waals surface area contributed by atoms with Gasteiger partial charge in [0.1, 0.15) is 0 Å². The van der Waals surface area contributed by atoms with E-state index in [1.54, 1.807) is 0 Å². The average molecular weight is 849 g/mol. The molecule has 2 fully saturated rings. The minimum absolute atomic E-state index is 0. The smallest absolute Gasteiger partial charge is 0.0161 e. The summed E-state index contributed by atoms with van der Waals surface area (Å²) >= 11 is 0. The zero-order chi connectivity index (χ0) is 33.6. The van der Waals surface area contributed by atoms with Crippen LogP contribution in [0.3, 0.4) is 0 Å². The fourth-order valence-electron chi connectivity index (χ4n) is 5.56. The van der Waals surface area contributed by atoms with Gasteiger partial charge >= 0.3 is 0 Å². The first-order valence-corrected chi connectivity index (χ1v) is 19.5. The Morgan fingerprint density at radius 2 is 0.640 bits per heavy atom. The van der Waals surface area contributed by atoms with E-state index in [9.17, 15) is 0 Å². The van der Waals surface area contributed by atoms with E-state index in [-0.39, 0.29) is 36.5 Å². The molecule has 0 N–H and O–H groups in total.